The van der Waals surface area contributed by atoms with E-state index in [2.05, 4.69) is 12.2 Å². The number of nitrogens with one attached hydrogen (secondary N) is 1. The molecule has 0 spiro atoms. The maximum absolute atomic E-state index is 12.2. The number of hydrogen-bond donors (Lipinski definition) is 1. The molecule has 1 aliphatic rings. The van der Waals surface area contributed by atoms with E-state index in [9.17, 15) is 14.4 Å². The van der Waals surface area contributed by atoms with E-state index < -0.39 is 18.5 Å². The molecule has 0 bridgehead atoms. The first-order valence-electron chi connectivity index (χ1n) is 9.66. The van der Waals surface area contributed by atoms with Gasteiger partial charge in [0, 0.05) is 11.1 Å². The second-order valence-corrected chi connectivity index (χ2v) is 6.56. The highest BCUT2D eigenvalue weighted by Crippen LogP contribution is 2.32. The largest absolute Gasteiger partial charge is 0.494 e. The summed E-state index contributed by atoms with van der Waals surface area (Å²) < 4.78 is 20.9. The van der Waals surface area contributed by atoms with Crippen molar-refractivity contribution in [2.75, 3.05) is 26.6 Å². The van der Waals surface area contributed by atoms with Gasteiger partial charge in [-0.25, -0.2) is 0 Å². The van der Waals surface area contributed by atoms with Crippen molar-refractivity contribution in [2.24, 2.45) is 0 Å². The molecule has 0 radical (unpaired) electrons. The SMILES string of the molecule is CCCCOc1ccc(C(=O)NCC(=O)OCC(=O)c2ccc3c(c2)OCO3)cc1. The summed E-state index contributed by atoms with van der Waals surface area (Å²) in [7, 11) is 0. The number of carbonyl (C=O) groups excluding carboxylic acids is 3. The van der Waals surface area contributed by atoms with Gasteiger partial charge in [-0.05, 0) is 48.9 Å². The van der Waals surface area contributed by atoms with Crippen molar-refractivity contribution in [3.05, 3.63) is 53.6 Å². The summed E-state index contributed by atoms with van der Waals surface area (Å²) in [5.74, 6) is 0.201. The standard InChI is InChI=1S/C22H23NO7/c1-2-3-10-27-17-7-4-15(5-8-17)22(26)23-12-21(25)28-13-18(24)16-6-9-19-20(11-16)30-14-29-19/h4-9,11H,2-3,10,12-14H2,1H3,(H,23,26). The normalized spacial score (nSPS) is 11.6. The van der Waals surface area contributed by atoms with Crippen molar-refractivity contribution in [1.29, 1.82) is 0 Å². The average molecular weight is 413 g/mol. The van der Waals surface area contributed by atoms with Gasteiger partial charge in [-0.15, -0.1) is 0 Å². The van der Waals surface area contributed by atoms with Crippen LogP contribution < -0.4 is 19.5 Å². The number of carbonyl (C=O) groups is 3. The van der Waals surface area contributed by atoms with Gasteiger partial charge in [0.15, 0.2) is 23.9 Å². The maximum Gasteiger partial charge on any atom is 0.325 e. The van der Waals surface area contributed by atoms with Crippen LogP contribution in [0.2, 0.25) is 0 Å². The Hall–Kier alpha value is -3.55. The first-order valence-corrected chi connectivity index (χ1v) is 9.66. The second-order valence-electron chi connectivity index (χ2n) is 6.56. The van der Waals surface area contributed by atoms with Crippen LogP contribution in [0.1, 0.15) is 40.5 Å². The summed E-state index contributed by atoms with van der Waals surface area (Å²) in [5, 5.41) is 2.47. The number of esters is 1. The fraction of sp³-hybridized carbons (Fsp3) is 0.318. The summed E-state index contributed by atoms with van der Waals surface area (Å²) in [6, 6.07) is 11.4. The van der Waals surface area contributed by atoms with E-state index in [1.165, 1.54) is 6.07 Å². The molecular formula is C22H23NO7. The minimum atomic E-state index is -0.711. The molecule has 0 aromatic heterocycles. The number of benzene rings is 2. The Morgan fingerprint density at radius 1 is 1.00 bits per heavy atom. The highest BCUT2D eigenvalue weighted by Gasteiger charge is 2.17. The minimum Gasteiger partial charge on any atom is -0.494 e. The lowest BCUT2D eigenvalue weighted by Gasteiger charge is -2.08. The van der Waals surface area contributed by atoms with Gasteiger partial charge in [-0.3, -0.25) is 14.4 Å². The molecule has 0 fully saturated rings. The lowest BCUT2D eigenvalue weighted by Crippen LogP contribution is -2.31. The first kappa shape index (κ1) is 21.2. The molecule has 2 aromatic rings. The average Bonchev–Trinajstić information content (AvgIpc) is 3.24. The molecule has 158 valence electrons. The third-order valence-electron chi connectivity index (χ3n) is 4.34. The summed E-state index contributed by atoms with van der Waals surface area (Å²) in [5.41, 5.74) is 0.736. The van der Waals surface area contributed by atoms with Gasteiger partial charge in [0.2, 0.25) is 6.79 Å². The molecule has 1 amide bonds. The topological polar surface area (TPSA) is 100 Å². The van der Waals surface area contributed by atoms with E-state index in [0.717, 1.165) is 12.8 Å². The number of fused-ring (bicyclic) bond motifs is 1. The van der Waals surface area contributed by atoms with Crippen molar-refractivity contribution >= 4 is 17.7 Å². The molecule has 8 nitrogen and oxygen atoms in total. The molecular weight excluding hydrogens is 390 g/mol. The molecule has 30 heavy (non-hydrogen) atoms. The van der Waals surface area contributed by atoms with Gasteiger partial charge in [-0.2, -0.15) is 0 Å². The molecule has 0 saturated heterocycles. The number of unbranched alkanes of at least 4 members (excludes halogenated alkanes) is 1. The van der Waals surface area contributed by atoms with E-state index in [0.29, 0.717) is 35.0 Å². The zero-order valence-electron chi connectivity index (χ0n) is 16.6. The quantitative estimate of drug-likeness (QED) is 0.363. The predicted molar refractivity (Wildman–Crippen MR) is 107 cm³/mol. The third-order valence-corrected chi connectivity index (χ3v) is 4.34. The zero-order valence-corrected chi connectivity index (χ0v) is 16.6. The van der Waals surface area contributed by atoms with Crippen LogP contribution in [0.25, 0.3) is 0 Å². The van der Waals surface area contributed by atoms with Crippen LogP contribution in [0, 0.1) is 0 Å². The minimum absolute atomic E-state index is 0.107. The molecule has 0 unspecified atom stereocenters. The van der Waals surface area contributed by atoms with Gasteiger partial charge < -0.3 is 24.3 Å². The zero-order chi connectivity index (χ0) is 21.3. The Bertz CT molecular complexity index is 908. The van der Waals surface area contributed by atoms with Gasteiger partial charge >= 0.3 is 5.97 Å². The number of Topliss-reactive ketones (excluding diaryl/α,β-unsaturated/α-hetero) is 1. The lowest BCUT2D eigenvalue weighted by atomic mass is 10.1. The fourth-order valence-corrected chi connectivity index (χ4v) is 2.64. The van der Waals surface area contributed by atoms with Crippen LogP contribution >= 0.6 is 0 Å². The van der Waals surface area contributed by atoms with E-state index in [1.54, 1.807) is 36.4 Å². The number of rotatable bonds is 10. The Morgan fingerprint density at radius 3 is 2.50 bits per heavy atom. The first-order chi connectivity index (χ1) is 14.6. The molecule has 0 atom stereocenters. The molecule has 0 aliphatic carbocycles. The Labute approximate surface area is 174 Å². The molecule has 1 N–H and O–H groups in total. The molecule has 1 heterocycles. The summed E-state index contributed by atoms with van der Waals surface area (Å²) >= 11 is 0. The van der Waals surface area contributed by atoms with Gasteiger partial charge in [0.1, 0.15) is 12.3 Å². The predicted octanol–water partition coefficient (Wildman–Crippen LogP) is 2.75. The van der Waals surface area contributed by atoms with Gasteiger partial charge in [-0.1, -0.05) is 13.3 Å². The third kappa shape index (κ3) is 5.73. The number of ether oxygens (including phenoxy) is 4. The summed E-state index contributed by atoms with van der Waals surface area (Å²) in [4.78, 5) is 36.1. The maximum atomic E-state index is 12.2. The Balaban J connectivity index is 1.40. The highest BCUT2D eigenvalue weighted by atomic mass is 16.7. The van der Waals surface area contributed by atoms with E-state index in [4.69, 9.17) is 18.9 Å². The van der Waals surface area contributed by atoms with Crippen LogP contribution in [-0.4, -0.2) is 44.2 Å². The van der Waals surface area contributed by atoms with Crippen molar-refractivity contribution < 1.29 is 33.3 Å². The van der Waals surface area contributed by atoms with Crippen LogP contribution in [0.4, 0.5) is 0 Å². The molecule has 3 rings (SSSR count). The second kappa shape index (κ2) is 10.3. The van der Waals surface area contributed by atoms with Crippen molar-refractivity contribution in [3.63, 3.8) is 0 Å². The monoisotopic (exact) mass is 413 g/mol. The number of hydrogen-bond acceptors (Lipinski definition) is 7. The summed E-state index contributed by atoms with van der Waals surface area (Å²) in [6.07, 6.45) is 2.00. The lowest BCUT2D eigenvalue weighted by molar-refractivity contribution is -0.141. The molecule has 2 aromatic carbocycles. The van der Waals surface area contributed by atoms with Crippen LogP contribution in [0.3, 0.4) is 0 Å². The number of amides is 1. The summed E-state index contributed by atoms with van der Waals surface area (Å²) in [6.45, 7) is 2.03. The molecule has 0 saturated carbocycles. The smallest absolute Gasteiger partial charge is 0.325 e. The fourth-order valence-electron chi connectivity index (χ4n) is 2.64. The van der Waals surface area contributed by atoms with Crippen molar-refractivity contribution in [2.45, 2.75) is 19.8 Å². The molecule has 8 heteroatoms. The Morgan fingerprint density at radius 2 is 1.73 bits per heavy atom. The van der Waals surface area contributed by atoms with E-state index in [1.807, 2.05) is 0 Å². The van der Waals surface area contributed by atoms with E-state index in [-0.39, 0.29) is 19.1 Å². The Kier molecular flexibility index (Phi) is 7.26. The van der Waals surface area contributed by atoms with Gasteiger partial charge in [0.05, 0.1) is 6.61 Å². The van der Waals surface area contributed by atoms with Crippen molar-refractivity contribution in [3.8, 4) is 17.2 Å². The van der Waals surface area contributed by atoms with E-state index >= 15 is 0 Å². The van der Waals surface area contributed by atoms with Gasteiger partial charge in [0.25, 0.3) is 5.91 Å². The van der Waals surface area contributed by atoms with Crippen LogP contribution in [0.5, 0.6) is 17.2 Å². The number of ketones is 1. The van der Waals surface area contributed by atoms with Crippen LogP contribution in [0.15, 0.2) is 42.5 Å². The van der Waals surface area contributed by atoms with Crippen LogP contribution in [-0.2, 0) is 9.53 Å². The van der Waals surface area contributed by atoms with Crippen molar-refractivity contribution in [1.82, 2.24) is 5.32 Å². The highest BCUT2D eigenvalue weighted by molar-refractivity contribution is 5.99. The molecule has 1 aliphatic heterocycles.